The predicted octanol–water partition coefficient (Wildman–Crippen LogP) is 5.18. The molecule has 5 heterocycles. The molecule has 3 aromatic rings. The summed E-state index contributed by atoms with van der Waals surface area (Å²) in [4.78, 5) is 28.1. The molecule has 0 bridgehead atoms. The summed E-state index contributed by atoms with van der Waals surface area (Å²) in [6.45, 7) is 4.27. The second-order valence-corrected chi connectivity index (χ2v) is 12.1. The van der Waals surface area contributed by atoms with Gasteiger partial charge in [0, 0.05) is 67.7 Å². The number of carbonyl (C=O) groups excluding carboxylic acids is 1. The van der Waals surface area contributed by atoms with Crippen LogP contribution in [0.4, 0.5) is 19.0 Å². The van der Waals surface area contributed by atoms with Crippen molar-refractivity contribution in [3.8, 4) is 6.07 Å². The average Bonchev–Trinajstić information content (AvgIpc) is 3.70. The minimum atomic E-state index is -4.56. The highest BCUT2D eigenvalue weighted by Crippen LogP contribution is 2.46. The number of alkyl halides is 3. The highest BCUT2D eigenvalue weighted by molar-refractivity contribution is 7.11. The number of aromatic amines is 1. The number of nitrogens with one attached hydrogen (secondary N) is 1. The number of piperazine rings is 1. The Labute approximate surface area is 239 Å². The lowest BCUT2D eigenvalue weighted by molar-refractivity contribution is -0.140. The van der Waals surface area contributed by atoms with Crippen molar-refractivity contribution >= 4 is 29.3 Å². The lowest BCUT2D eigenvalue weighted by Gasteiger charge is -2.52. The van der Waals surface area contributed by atoms with Crippen LogP contribution >= 0.6 is 11.3 Å². The fraction of sp³-hybridized carbons (Fsp3) is 0.536. The Morgan fingerprint density at radius 3 is 2.73 bits per heavy atom. The van der Waals surface area contributed by atoms with Crippen LogP contribution in [0.2, 0.25) is 0 Å². The molecule has 6 rings (SSSR count). The van der Waals surface area contributed by atoms with Gasteiger partial charge in [-0.25, -0.2) is 9.98 Å². The molecule has 0 aromatic carbocycles. The molecule has 3 aromatic heterocycles. The zero-order chi connectivity index (χ0) is 28.8. The maximum atomic E-state index is 12.9. The number of carbonyl (C=O) groups is 1. The molecule has 2 fully saturated rings. The molecular weight excluding hydrogens is 553 g/mol. The van der Waals surface area contributed by atoms with E-state index >= 15 is 0 Å². The molecule has 13 heteroatoms. The first-order chi connectivity index (χ1) is 19.7. The van der Waals surface area contributed by atoms with Gasteiger partial charge in [-0.15, -0.1) is 11.3 Å². The summed E-state index contributed by atoms with van der Waals surface area (Å²) in [5.74, 6) is 0.977. The first-order valence-electron chi connectivity index (χ1n) is 13.9. The Morgan fingerprint density at radius 2 is 2.05 bits per heavy atom. The molecular formula is C28H31F3N8OS. The topological polar surface area (TPSA) is 106 Å². The number of aromatic nitrogens is 4. The summed E-state index contributed by atoms with van der Waals surface area (Å²) in [6.07, 6.45) is 7.30. The van der Waals surface area contributed by atoms with E-state index < -0.39 is 17.8 Å². The van der Waals surface area contributed by atoms with Crippen LogP contribution in [0.5, 0.6) is 0 Å². The zero-order valence-corrected chi connectivity index (χ0v) is 23.5. The number of H-pyrrole nitrogens is 1. The van der Waals surface area contributed by atoms with E-state index in [2.05, 4.69) is 45.1 Å². The van der Waals surface area contributed by atoms with Gasteiger partial charge in [0.2, 0.25) is 0 Å². The normalized spacial score (nSPS) is 26.7. The van der Waals surface area contributed by atoms with Gasteiger partial charge in [0.15, 0.2) is 10.7 Å². The third-order valence-electron chi connectivity index (χ3n) is 8.83. The third-order valence-corrected chi connectivity index (χ3v) is 9.67. The molecule has 1 aliphatic carbocycles. The number of thiazole rings is 1. The standard InChI is InChI=1S/C28H31F3N8OS/c1-2-18-11-22(21-3-6-33-24(21)34-14-18)19-15-35-39(16-19)27(4-5-32)12-20(13-27)37-7-9-38(10-8-37)26(40)25-36-23(17-41-25)28(29,30)31/h3,6,14-18,20,22,33H,2,4,7-13H2,1H3. The molecule has 0 spiro atoms. The molecule has 216 valence electrons. The minimum absolute atomic E-state index is 0.130. The number of nitrogens with zero attached hydrogens (tertiary/aromatic N) is 7. The summed E-state index contributed by atoms with van der Waals surface area (Å²) < 4.78 is 40.7. The molecule has 0 radical (unpaired) electrons. The number of aliphatic imine (C=N–C) groups is 1. The average molecular weight is 585 g/mol. The van der Waals surface area contributed by atoms with Gasteiger partial charge in [-0.1, -0.05) is 6.92 Å². The van der Waals surface area contributed by atoms with E-state index in [1.165, 1.54) is 0 Å². The molecule has 1 amide bonds. The van der Waals surface area contributed by atoms with Gasteiger partial charge < -0.3 is 9.88 Å². The third kappa shape index (κ3) is 5.19. The molecule has 3 aliphatic rings. The number of fused-ring (bicyclic) bond motifs is 1. The molecule has 1 saturated heterocycles. The van der Waals surface area contributed by atoms with Crippen LogP contribution in [0.3, 0.4) is 0 Å². The van der Waals surface area contributed by atoms with Crippen molar-refractivity contribution in [2.75, 3.05) is 26.2 Å². The quantitative estimate of drug-likeness (QED) is 0.430. The van der Waals surface area contributed by atoms with Crippen LogP contribution < -0.4 is 0 Å². The number of hydrogen-bond acceptors (Lipinski definition) is 7. The minimum Gasteiger partial charge on any atom is -0.346 e. The largest absolute Gasteiger partial charge is 0.434 e. The van der Waals surface area contributed by atoms with E-state index in [-0.39, 0.29) is 22.5 Å². The number of halogens is 3. The SMILES string of the molecule is CCC1C=Nc2[nH]ccc2C(c2cnn(C3(CC#N)CC(N4CCN(C(=O)c5nc(C(F)(F)F)cs5)CC4)C3)c2)C1. The Hall–Kier alpha value is -3.50. The van der Waals surface area contributed by atoms with Gasteiger partial charge in [0.05, 0.1) is 24.2 Å². The van der Waals surface area contributed by atoms with Gasteiger partial charge in [0.25, 0.3) is 5.91 Å². The van der Waals surface area contributed by atoms with Crippen molar-refractivity contribution in [3.05, 3.63) is 51.9 Å². The molecule has 2 aliphatic heterocycles. The van der Waals surface area contributed by atoms with Crippen molar-refractivity contribution in [2.45, 2.75) is 62.7 Å². The second-order valence-electron chi connectivity index (χ2n) is 11.2. The van der Waals surface area contributed by atoms with Gasteiger partial charge in [-0.3, -0.25) is 14.4 Å². The van der Waals surface area contributed by atoms with E-state index in [1.807, 2.05) is 23.3 Å². The van der Waals surface area contributed by atoms with E-state index in [9.17, 15) is 23.2 Å². The lowest BCUT2D eigenvalue weighted by atomic mass is 9.70. The van der Waals surface area contributed by atoms with Crippen molar-refractivity contribution in [1.82, 2.24) is 29.5 Å². The molecule has 9 nitrogen and oxygen atoms in total. The fourth-order valence-electron chi connectivity index (χ4n) is 6.36. The number of rotatable bonds is 6. The molecule has 2 unspecified atom stereocenters. The van der Waals surface area contributed by atoms with E-state index in [0.717, 1.165) is 59.3 Å². The predicted molar refractivity (Wildman–Crippen MR) is 147 cm³/mol. The number of amides is 1. The first kappa shape index (κ1) is 27.7. The second kappa shape index (κ2) is 10.7. The van der Waals surface area contributed by atoms with Crippen molar-refractivity contribution < 1.29 is 18.0 Å². The number of hydrogen-bond donors (Lipinski definition) is 1. The van der Waals surface area contributed by atoms with Crippen LogP contribution in [0.15, 0.2) is 35.0 Å². The highest BCUT2D eigenvalue weighted by Gasteiger charge is 2.49. The summed E-state index contributed by atoms with van der Waals surface area (Å²) in [5, 5.41) is 15.2. The van der Waals surface area contributed by atoms with Crippen molar-refractivity contribution in [2.24, 2.45) is 10.9 Å². The van der Waals surface area contributed by atoms with E-state index in [1.54, 1.807) is 4.90 Å². The van der Waals surface area contributed by atoms with Gasteiger partial charge in [-0.05, 0) is 43.2 Å². The van der Waals surface area contributed by atoms with Crippen LogP contribution in [0, 0.1) is 17.2 Å². The van der Waals surface area contributed by atoms with Crippen LogP contribution in [-0.2, 0) is 11.7 Å². The maximum Gasteiger partial charge on any atom is 0.434 e. The Morgan fingerprint density at radius 1 is 1.27 bits per heavy atom. The summed E-state index contributed by atoms with van der Waals surface area (Å²) in [6, 6.07) is 4.70. The van der Waals surface area contributed by atoms with E-state index in [0.29, 0.717) is 38.5 Å². The first-order valence-corrected chi connectivity index (χ1v) is 14.8. The molecule has 41 heavy (non-hydrogen) atoms. The molecule has 2 atom stereocenters. The molecule has 1 saturated carbocycles. The van der Waals surface area contributed by atoms with E-state index in [4.69, 9.17) is 5.10 Å². The maximum absolute atomic E-state index is 12.9. The summed E-state index contributed by atoms with van der Waals surface area (Å²) in [5.41, 5.74) is 0.878. The Bertz CT molecular complexity index is 1470. The molecule has 1 N–H and O–H groups in total. The Balaban J connectivity index is 1.10. The highest BCUT2D eigenvalue weighted by atomic mass is 32.1. The summed E-state index contributed by atoms with van der Waals surface area (Å²) in [7, 11) is 0. The lowest BCUT2D eigenvalue weighted by Crippen LogP contribution is -2.60. The van der Waals surface area contributed by atoms with Crippen molar-refractivity contribution in [3.63, 3.8) is 0 Å². The van der Waals surface area contributed by atoms with Gasteiger partial charge in [-0.2, -0.15) is 23.5 Å². The van der Waals surface area contributed by atoms with Gasteiger partial charge >= 0.3 is 6.18 Å². The summed E-state index contributed by atoms with van der Waals surface area (Å²) >= 11 is 0.730. The monoisotopic (exact) mass is 584 g/mol. The van der Waals surface area contributed by atoms with Crippen LogP contribution in [-0.4, -0.2) is 73.9 Å². The smallest absolute Gasteiger partial charge is 0.346 e. The Kier molecular flexibility index (Phi) is 7.23. The number of nitriles is 1. The van der Waals surface area contributed by atoms with Gasteiger partial charge in [0.1, 0.15) is 5.82 Å². The van der Waals surface area contributed by atoms with Crippen LogP contribution in [0.25, 0.3) is 0 Å². The zero-order valence-electron chi connectivity index (χ0n) is 22.6. The van der Waals surface area contributed by atoms with Crippen molar-refractivity contribution in [1.29, 1.82) is 5.26 Å². The fourth-order valence-corrected chi connectivity index (χ4v) is 7.15. The van der Waals surface area contributed by atoms with Crippen LogP contribution in [0.1, 0.15) is 71.6 Å².